The normalized spacial score (nSPS) is 11.7. The van der Waals surface area contributed by atoms with Gasteiger partial charge in [-0.25, -0.2) is 4.98 Å². The van der Waals surface area contributed by atoms with Gasteiger partial charge in [-0.1, -0.05) is 94.5 Å². The van der Waals surface area contributed by atoms with Crippen molar-refractivity contribution in [3.05, 3.63) is 46.9 Å². The highest BCUT2D eigenvalue weighted by molar-refractivity contribution is 7.99. The summed E-state index contributed by atoms with van der Waals surface area (Å²) in [4.78, 5) is 29.3. The third-order valence-corrected chi connectivity index (χ3v) is 7.81. The Hall–Kier alpha value is -2.08. The zero-order chi connectivity index (χ0) is 25.0. The molecule has 0 spiro atoms. The molecular formula is C28H42N2O3S. The first-order valence-corrected chi connectivity index (χ1v) is 13.6. The molecule has 0 aliphatic heterocycles. The summed E-state index contributed by atoms with van der Waals surface area (Å²) >= 11 is 1.66. The molecule has 0 bridgehead atoms. The summed E-state index contributed by atoms with van der Waals surface area (Å²) in [5.74, 6) is 1.17. The summed E-state index contributed by atoms with van der Waals surface area (Å²) in [7, 11) is 1.80. The number of carbonyl (C=O) groups excluding carboxylic acids is 1. The van der Waals surface area contributed by atoms with E-state index in [0.717, 1.165) is 35.7 Å². The highest BCUT2D eigenvalue weighted by atomic mass is 32.2. The number of unbranched alkanes of at least 4 members (excludes halogenated alkanes) is 7. The number of ether oxygens (including phenoxy) is 1. The molecule has 0 unspecified atom stereocenters. The number of nitrogens with zero attached hydrogens (tertiary/aromatic N) is 2. The topological polar surface area (TPSA) is 61.2 Å². The molecule has 0 saturated heterocycles. The van der Waals surface area contributed by atoms with Gasteiger partial charge in [0.15, 0.2) is 5.16 Å². The lowest BCUT2D eigenvalue weighted by molar-refractivity contribution is -0.156. The first-order chi connectivity index (χ1) is 16.2. The summed E-state index contributed by atoms with van der Waals surface area (Å²) in [6.45, 7) is 8.56. The molecule has 0 saturated carbocycles. The average molecular weight is 487 g/mol. The van der Waals surface area contributed by atoms with Crippen molar-refractivity contribution in [1.82, 2.24) is 9.55 Å². The average Bonchev–Trinajstić information content (AvgIpc) is 2.82. The Kier molecular flexibility index (Phi) is 11.9. The number of benzene rings is 1. The molecule has 1 aromatic heterocycles. The first kappa shape index (κ1) is 28.2. The van der Waals surface area contributed by atoms with Crippen LogP contribution in [0, 0.1) is 11.3 Å². The molecule has 0 amide bonds. The van der Waals surface area contributed by atoms with E-state index in [-0.39, 0.29) is 17.4 Å². The first-order valence-electron chi connectivity index (χ1n) is 12.7. The maximum atomic E-state index is 12.7. The van der Waals surface area contributed by atoms with E-state index in [1.54, 1.807) is 29.6 Å². The Labute approximate surface area is 209 Å². The Bertz CT molecular complexity index is 938. The predicted octanol–water partition coefficient (Wildman–Crippen LogP) is 6.89. The number of hydrogen-bond acceptors (Lipinski definition) is 5. The Morgan fingerprint density at radius 2 is 1.59 bits per heavy atom. The molecule has 1 aromatic carbocycles. The van der Waals surface area contributed by atoms with E-state index in [4.69, 9.17) is 4.74 Å². The standard InChI is InChI=1S/C28H42N2O3S/c1-22(2)28(3,4)26(32)33-19-15-10-8-6-7-9-11-16-20-34-27-29-21-24(25(31)30(27)5)23-17-13-12-14-18-23/h12-14,17-18,21-22H,6-11,15-16,19-20H2,1-5H3. The van der Waals surface area contributed by atoms with Gasteiger partial charge in [0.25, 0.3) is 5.56 Å². The zero-order valence-electron chi connectivity index (χ0n) is 21.6. The van der Waals surface area contributed by atoms with Crippen LogP contribution in [0.1, 0.15) is 79.1 Å². The molecule has 5 nitrogen and oxygen atoms in total. The zero-order valence-corrected chi connectivity index (χ0v) is 22.5. The number of hydrogen-bond donors (Lipinski definition) is 0. The number of thioether (sulfide) groups is 1. The Balaban J connectivity index is 1.53. The second kappa shape index (κ2) is 14.3. The van der Waals surface area contributed by atoms with Crippen molar-refractivity contribution in [2.24, 2.45) is 18.4 Å². The van der Waals surface area contributed by atoms with Crippen LogP contribution in [0.5, 0.6) is 0 Å². The van der Waals surface area contributed by atoms with Crippen LogP contribution in [0.15, 0.2) is 46.5 Å². The minimum absolute atomic E-state index is 0.00194. The highest BCUT2D eigenvalue weighted by Gasteiger charge is 2.32. The van der Waals surface area contributed by atoms with Crippen molar-refractivity contribution in [2.75, 3.05) is 12.4 Å². The smallest absolute Gasteiger partial charge is 0.311 e. The van der Waals surface area contributed by atoms with E-state index in [2.05, 4.69) is 18.8 Å². The van der Waals surface area contributed by atoms with Crippen molar-refractivity contribution in [3.8, 4) is 11.1 Å². The Morgan fingerprint density at radius 3 is 2.21 bits per heavy atom. The number of esters is 1. The van der Waals surface area contributed by atoms with E-state index in [9.17, 15) is 9.59 Å². The molecule has 0 radical (unpaired) electrons. The fourth-order valence-electron chi connectivity index (χ4n) is 3.49. The third-order valence-electron chi connectivity index (χ3n) is 6.68. The SMILES string of the molecule is CC(C)C(C)(C)C(=O)OCCCCCCCCCCSc1ncc(-c2ccccc2)c(=O)n1C. The molecule has 0 fully saturated rings. The Morgan fingerprint density at radius 1 is 1.00 bits per heavy atom. The molecule has 188 valence electrons. The second-order valence-corrected chi connectivity index (χ2v) is 10.9. The van der Waals surface area contributed by atoms with Crippen molar-refractivity contribution >= 4 is 17.7 Å². The largest absolute Gasteiger partial charge is 0.465 e. The van der Waals surface area contributed by atoms with E-state index in [1.807, 2.05) is 44.2 Å². The van der Waals surface area contributed by atoms with Crippen molar-refractivity contribution in [1.29, 1.82) is 0 Å². The van der Waals surface area contributed by atoms with Gasteiger partial charge in [0.1, 0.15) is 0 Å². The van der Waals surface area contributed by atoms with Crippen LogP contribution in [0.2, 0.25) is 0 Å². The number of aromatic nitrogens is 2. The van der Waals surface area contributed by atoms with Crippen LogP contribution in [0.3, 0.4) is 0 Å². The van der Waals surface area contributed by atoms with Crippen molar-refractivity contribution in [2.45, 2.75) is 84.2 Å². The lowest BCUT2D eigenvalue weighted by Crippen LogP contribution is -2.32. The van der Waals surface area contributed by atoms with Gasteiger partial charge in [0, 0.05) is 19.0 Å². The van der Waals surface area contributed by atoms with Crippen LogP contribution < -0.4 is 5.56 Å². The van der Waals surface area contributed by atoms with Crippen LogP contribution >= 0.6 is 11.8 Å². The fraction of sp³-hybridized carbons (Fsp3) is 0.607. The van der Waals surface area contributed by atoms with Gasteiger partial charge in [0.05, 0.1) is 17.6 Å². The lowest BCUT2D eigenvalue weighted by Gasteiger charge is -2.26. The third kappa shape index (κ3) is 8.61. The van der Waals surface area contributed by atoms with Gasteiger partial charge in [-0.3, -0.25) is 14.2 Å². The molecule has 0 aliphatic carbocycles. The molecule has 2 aromatic rings. The van der Waals surface area contributed by atoms with E-state index in [0.29, 0.717) is 12.2 Å². The maximum absolute atomic E-state index is 12.7. The lowest BCUT2D eigenvalue weighted by atomic mass is 9.81. The van der Waals surface area contributed by atoms with Gasteiger partial charge in [0.2, 0.25) is 0 Å². The van der Waals surface area contributed by atoms with Gasteiger partial charge in [-0.15, -0.1) is 0 Å². The summed E-state index contributed by atoms with van der Waals surface area (Å²) < 4.78 is 7.11. The van der Waals surface area contributed by atoms with Crippen molar-refractivity contribution < 1.29 is 9.53 Å². The van der Waals surface area contributed by atoms with E-state index >= 15 is 0 Å². The van der Waals surface area contributed by atoms with Gasteiger partial charge in [-0.2, -0.15) is 0 Å². The van der Waals surface area contributed by atoms with Gasteiger partial charge in [-0.05, 0) is 38.2 Å². The highest BCUT2D eigenvalue weighted by Crippen LogP contribution is 2.27. The minimum Gasteiger partial charge on any atom is -0.465 e. The summed E-state index contributed by atoms with van der Waals surface area (Å²) in [5, 5.41) is 0.780. The molecule has 0 atom stereocenters. The molecule has 34 heavy (non-hydrogen) atoms. The number of rotatable bonds is 15. The van der Waals surface area contributed by atoms with Crippen LogP contribution in [-0.2, 0) is 16.6 Å². The summed E-state index contributed by atoms with van der Waals surface area (Å²) in [6, 6.07) is 9.69. The van der Waals surface area contributed by atoms with E-state index in [1.165, 1.54) is 32.1 Å². The second-order valence-electron chi connectivity index (χ2n) is 9.87. The van der Waals surface area contributed by atoms with Gasteiger partial charge < -0.3 is 4.74 Å². The number of carbonyl (C=O) groups is 1. The summed E-state index contributed by atoms with van der Waals surface area (Å²) in [6.07, 6.45) is 11.0. The van der Waals surface area contributed by atoms with Crippen LogP contribution in [0.25, 0.3) is 11.1 Å². The maximum Gasteiger partial charge on any atom is 0.311 e. The van der Waals surface area contributed by atoms with Crippen LogP contribution in [-0.4, -0.2) is 27.9 Å². The fourth-order valence-corrected chi connectivity index (χ4v) is 4.43. The molecule has 1 heterocycles. The molecule has 6 heteroatoms. The van der Waals surface area contributed by atoms with Crippen LogP contribution in [0.4, 0.5) is 0 Å². The van der Waals surface area contributed by atoms with Crippen molar-refractivity contribution in [3.63, 3.8) is 0 Å². The molecule has 0 aliphatic rings. The molecule has 0 N–H and O–H groups in total. The van der Waals surface area contributed by atoms with Gasteiger partial charge >= 0.3 is 5.97 Å². The predicted molar refractivity (Wildman–Crippen MR) is 142 cm³/mol. The monoisotopic (exact) mass is 486 g/mol. The quantitative estimate of drug-likeness (QED) is 0.119. The molecular weight excluding hydrogens is 444 g/mol. The molecule has 2 rings (SSSR count). The summed E-state index contributed by atoms with van der Waals surface area (Å²) in [5.41, 5.74) is 1.14. The van der Waals surface area contributed by atoms with E-state index < -0.39 is 5.41 Å². The minimum atomic E-state index is -0.408.